The highest BCUT2D eigenvalue weighted by molar-refractivity contribution is 4.68. The van der Waals surface area contributed by atoms with Crippen LogP contribution < -0.4 is 0 Å². The Labute approximate surface area is 63.2 Å². The fourth-order valence-corrected chi connectivity index (χ4v) is 0.854. The van der Waals surface area contributed by atoms with E-state index in [0.29, 0.717) is 0 Å². The van der Waals surface area contributed by atoms with Crippen molar-refractivity contribution in [1.29, 1.82) is 0 Å². The van der Waals surface area contributed by atoms with Gasteiger partial charge in [-0.3, -0.25) is 0 Å². The first-order chi connectivity index (χ1) is 4.66. The van der Waals surface area contributed by atoms with Crippen molar-refractivity contribution in [3.63, 3.8) is 0 Å². The van der Waals surface area contributed by atoms with Gasteiger partial charge in [0.05, 0.1) is 6.10 Å². The van der Waals surface area contributed by atoms with Crippen molar-refractivity contribution in [2.75, 3.05) is 20.1 Å². The van der Waals surface area contributed by atoms with E-state index in [1.165, 1.54) is 0 Å². The van der Waals surface area contributed by atoms with E-state index < -0.39 is 0 Å². The molecule has 0 aromatic carbocycles. The molecule has 1 N–H and O–H groups in total. The summed E-state index contributed by atoms with van der Waals surface area (Å²) in [7, 11) is 2.00. The highest BCUT2D eigenvalue weighted by atomic mass is 16.3. The van der Waals surface area contributed by atoms with E-state index in [4.69, 9.17) is 5.11 Å². The Morgan fingerprint density at radius 3 is 2.70 bits per heavy atom. The fraction of sp³-hybridized carbons (Fsp3) is 0.750. The molecule has 0 radical (unpaired) electrons. The average Bonchev–Trinajstić information content (AvgIpc) is 1.82. The van der Waals surface area contributed by atoms with Gasteiger partial charge in [0.1, 0.15) is 0 Å². The molecule has 2 heteroatoms. The van der Waals surface area contributed by atoms with Crippen LogP contribution in [0.15, 0.2) is 12.7 Å². The van der Waals surface area contributed by atoms with Gasteiger partial charge in [0.2, 0.25) is 0 Å². The molecule has 1 unspecified atom stereocenters. The van der Waals surface area contributed by atoms with Crippen molar-refractivity contribution >= 4 is 0 Å². The molecule has 0 heterocycles. The second-order valence-corrected chi connectivity index (χ2v) is 2.69. The first kappa shape index (κ1) is 9.66. The van der Waals surface area contributed by atoms with E-state index in [-0.39, 0.29) is 6.10 Å². The minimum Gasteiger partial charge on any atom is -0.392 e. The molecule has 0 aliphatic heterocycles. The summed E-state index contributed by atoms with van der Waals surface area (Å²) in [5.74, 6) is 0. The summed E-state index contributed by atoms with van der Waals surface area (Å²) in [6, 6.07) is 0. The Bertz CT molecular complexity index is 91.3. The number of aliphatic hydroxyl groups excluding tert-OH is 1. The third-order valence-electron chi connectivity index (χ3n) is 1.29. The zero-order valence-electron chi connectivity index (χ0n) is 6.88. The van der Waals surface area contributed by atoms with Crippen LogP contribution in [0.3, 0.4) is 0 Å². The van der Waals surface area contributed by atoms with Crippen LogP contribution in [0.25, 0.3) is 0 Å². The van der Waals surface area contributed by atoms with E-state index in [0.717, 1.165) is 19.5 Å². The van der Waals surface area contributed by atoms with Crippen LogP contribution in [0, 0.1) is 0 Å². The van der Waals surface area contributed by atoms with Gasteiger partial charge in [0.15, 0.2) is 0 Å². The van der Waals surface area contributed by atoms with E-state index in [2.05, 4.69) is 11.5 Å². The van der Waals surface area contributed by atoms with Crippen LogP contribution in [-0.4, -0.2) is 36.2 Å². The Hall–Kier alpha value is -0.340. The first-order valence-corrected chi connectivity index (χ1v) is 3.64. The minimum absolute atomic E-state index is 0.227. The molecule has 0 aliphatic carbocycles. The fourth-order valence-electron chi connectivity index (χ4n) is 0.854. The van der Waals surface area contributed by atoms with Gasteiger partial charge in [-0.15, -0.1) is 6.58 Å². The van der Waals surface area contributed by atoms with E-state index in [1.54, 1.807) is 6.92 Å². The summed E-state index contributed by atoms with van der Waals surface area (Å²) in [5.41, 5.74) is 0. The molecule has 0 rings (SSSR count). The maximum Gasteiger partial charge on any atom is 0.0638 e. The molecule has 0 fully saturated rings. The number of nitrogens with zero attached hydrogens (tertiary/aromatic N) is 1. The topological polar surface area (TPSA) is 23.5 Å². The van der Waals surface area contributed by atoms with Crippen molar-refractivity contribution in [3.05, 3.63) is 12.7 Å². The van der Waals surface area contributed by atoms with E-state index >= 15 is 0 Å². The monoisotopic (exact) mass is 143 g/mol. The summed E-state index contributed by atoms with van der Waals surface area (Å²) in [6.45, 7) is 7.14. The van der Waals surface area contributed by atoms with Gasteiger partial charge in [0.25, 0.3) is 0 Å². The molecule has 0 aromatic heterocycles. The predicted molar refractivity (Wildman–Crippen MR) is 44.0 cm³/mol. The van der Waals surface area contributed by atoms with Crippen LogP contribution in [0.2, 0.25) is 0 Å². The average molecular weight is 143 g/mol. The van der Waals surface area contributed by atoms with Crippen molar-refractivity contribution in [3.8, 4) is 0 Å². The molecular formula is C8H17NO. The molecule has 10 heavy (non-hydrogen) atoms. The molecule has 0 amide bonds. The van der Waals surface area contributed by atoms with Crippen molar-refractivity contribution in [2.24, 2.45) is 0 Å². The van der Waals surface area contributed by atoms with Gasteiger partial charge in [-0.25, -0.2) is 0 Å². The van der Waals surface area contributed by atoms with Gasteiger partial charge < -0.3 is 10.0 Å². The summed E-state index contributed by atoms with van der Waals surface area (Å²) in [5, 5.41) is 8.95. The number of hydrogen-bond donors (Lipinski definition) is 1. The van der Waals surface area contributed by atoms with Crippen LogP contribution >= 0.6 is 0 Å². The first-order valence-electron chi connectivity index (χ1n) is 3.64. The lowest BCUT2D eigenvalue weighted by molar-refractivity contribution is 0.142. The molecule has 0 saturated carbocycles. The third-order valence-corrected chi connectivity index (χ3v) is 1.29. The Balaban J connectivity index is 3.24. The van der Waals surface area contributed by atoms with E-state index in [1.807, 2.05) is 13.1 Å². The normalized spacial score (nSPS) is 13.6. The number of hydrogen-bond acceptors (Lipinski definition) is 2. The molecular weight excluding hydrogens is 126 g/mol. The van der Waals surface area contributed by atoms with Gasteiger partial charge in [-0.2, -0.15) is 0 Å². The second-order valence-electron chi connectivity index (χ2n) is 2.69. The number of aliphatic hydroxyl groups is 1. The molecule has 2 nitrogen and oxygen atoms in total. The van der Waals surface area contributed by atoms with Crippen LogP contribution in [0.1, 0.15) is 13.3 Å². The number of likely N-dealkylation sites (N-methyl/N-ethyl adjacent to an activating group) is 1. The van der Waals surface area contributed by atoms with Crippen molar-refractivity contribution < 1.29 is 5.11 Å². The van der Waals surface area contributed by atoms with Crippen LogP contribution in [0.4, 0.5) is 0 Å². The van der Waals surface area contributed by atoms with Crippen molar-refractivity contribution in [1.82, 2.24) is 4.90 Å². The molecule has 60 valence electrons. The van der Waals surface area contributed by atoms with Gasteiger partial charge in [-0.05, 0) is 20.4 Å². The Kier molecular flexibility index (Phi) is 5.26. The van der Waals surface area contributed by atoms with Crippen molar-refractivity contribution in [2.45, 2.75) is 19.4 Å². The zero-order valence-corrected chi connectivity index (χ0v) is 6.88. The zero-order chi connectivity index (χ0) is 7.98. The number of rotatable bonds is 5. The Morgan fingerprint density at radius 2 is 2.30 bits per heavy atom. The lowest BCUT2D eigenvalue weighted by Crippen LogP contribution is -2.27. The second kappa shape index (κ2) is 5.45. The van der Waals surface area contributed by atoms with Crippen LogP contribution in [0.5, 0.6) is 0 Å². The highest BCUT2D eigenvalue weighted by Gasteiger charge is 1.99. The predicted octanol–water partition coefficient (Wildman–Crippen LogP) is 0.875. The maximum absolute atomic E-state index is 8.95. The van der Waals surface area contributed by atoms with Gasteiger partial charge >= 0.3 is 0 Å². The van der Waals surface area contributed by atoms with E-state index in [9.17, 15) is 0 Å². The summed E-state index contributed by atoms with van der Waals surface area (Å²) in [6.07, 6.45) is 2.65. The molecule has 0 aliphatic rings. The summed E-state index contributed by atoms with van der Waals surface area (Å²) < 4.78 is 0. The van der Waals surface area contributed by atoms with Crippen LogP contribution in [-0.2, 0) is 0 Å². The molecule has 0 spiro atoms. The summed E-state index contributed by atoms with van der Waals surface area (Å²) >= 11 is 0. The molecule has 0 bridgehead atoms. The quantitative estimate of drug-likeness (QED) is 0.577. The Morgan fingerprint density at radius 1 is 1.70 bits per heavy atom. The van der Waals surface area contributed by atoms with Gasteiger partial charge in [-0.1, -0.05) is 6.08 Å². The lowest BCUT2D eigenvalue weighted by atomic mass is 10.3. The largest absolute Gasteiger partial charge is 0.392 e. The van der Waals surface area contributed by atoms with Gasteiger partial charge in [0, 0.05) is 13.1 Å². The molecule has 0 saturated heterocycles. The SMILES string of the molecule is C=CCCN(C)CC(C)O. The lowest BCUT2D eigenvalue weighted by Gasteiger charge is -2.16. The molecule has 1 atom stereocenters. The third kappa shape index (κ3) is 5.79. The summed E-state index contributed by atoms with van der Waals surface area (Å²) in [4.78, 5) is 2.09. The smallest absolute Gasteiger partial charge is 0.0638 e. The standard InChI is InChI=1S/C8H17NO/c1-4-5-6-9(3)7-8(2)10/h4,8,10H,1,5-7H2,2-3H3. The molecule has 0 aromatic rings. The minimum atomic E-state index is -0.227. The maximum atomic E-state index is 8.95. The highest BCUT2D eigenvalue weighted by Crippen LogP contribution is 1.90.